The standard InChI is InChI=1S/C37H36F2N6O4S/c1-5-31(46)44-11-12-45-29(21(44)2)18-28(42-45)35-33(32-27(39)16-24(38)17-30(32)49-14-13-48-4)36-26(10-15-50-36)34(41-35)22-6-8-23(9-7-22)37(47)40-25-19-43(3)20-25/h5-10,15-18,21,25H,1,11-14,19-20H2,2-4H3,(H,40,47). The van der Waals surface area contributed by atoms with Crippen LogP contribution in [0, 0.1) is 11.6 Å². The predicted octanol–water partition coefficient (Wildman–Crippen LogP) is 5.93. The van der Waals surface area contributed by atoms with E-state index in [4.69, 9.17) is 19.6 Å². The molecule has 1 fully saturated rings. The Morgan fingerprint density at radius 1 is 1.06 bits per heavy atom. The van der Waals surface area contributed by atoms with E-state index in [1.807, 2.05) is 48.3 Å². The van der Waals surface area contributed by atoms with Gasteiger partial charge in [-0.3, -0.25) is 14.3 Å². The van der Waals surface area contributed by atoms with Crippen LogP contribution in [0.15, 0.2) is 66.6 Å². The Balaban J connectivity index is 1.39. The van der Waals surface area contributed by atoms with Crippen LogP contribution in [0.4, 0.5) is 8.78 Å². The molecule has 0 saturated carbocycles. The van der Waals surface area contributed by atoms with Gasteiger partial charge in [0.2, 0.25) is 5.91 Å². The average molecular weight is 699 g/mol. The molecule has 50 heavy (non-hydrogen) atoms. The van der Waals surface area contributed by atoms with E-state index in [1.165, 1.54) is 24.5 Å². The minimum absolute atomic E-state index is 0.0122. The van der Waals surface area contributed by atoms with E-state index >= 15 is 4.39 Å². The minimum Gasteiger partial charge on any atom is -0.490 e. The number of methoxy groups -OCH3 is 1. The van der Waals surface area contributed by atoms with Crippen molar-refractivity contribution in [2.24, 2.45) is 0 Å². The number of benzene rings is 2. The molecule has 5 aromatic rings. The van der Waals surface area contributed by atoms with E-state index in [-0.39, 0.29) is 48.4 Å². The lowest BCUT2D eigenvalue weighted by atomic mass is 9.96. The Morgan fingerprint density at radius 3 is 2.56 bits per heavy atom. The number of ether oxygens (including phenoxy) is 2. The van der Waals surface area contributed by atoms with Crippen molar-refractivity contribution >= 4 is 33.2 Å². The summed E-state index contributed by atoms with van der Waals surface area (Å²) in [4.78, 5) is 34.6. The second-order valence-corrected chi connectivity index (χ2v) is 13.4. The van der Waals surface area contributed by atoms with Crippen molar-refractivity contribution in [2.75, 3.05) is 47.0 Å². The highest BCUT2D eigenvalue weighted by atomic mass is 32.1. The van der Waals surface area contributed by atoms with Crippen LogP contribution in [0.1, 0.15) is 29.0 Å². The normalized spacial score (nSPS) is 16.3. The third-order valence-electron chi connectivity index (χ3n) is 9.20. The molecule has 0 spiro atoms. The molecule has 13 heteroatoms. The molecule has 0 bridgehead atoms. The van der Waals surface area contributed by atoms with Crippen molar-refractivity contribution < 1.29 is 27.8 Å². The maximum atomic E-state index is 16.1. The fraction of sp³-hybridized carbons (Fsp3) is 0.297. The number of nitrogens with one attached hydrogen (secondary N) is 1. The van der Waals surface area contributed by atoms with Crippen LogP contribution < -0.4 is 10.1 Å². The molecule has 1 saturated heterocycles. The van der Waals surface area contributed by atoms with Gasteiger partial charge in [-0.05, 0) is 49.7 Å². The first kappa shape index (κ1) is 33.5. The van der Waals surface area contributed by atoms with E-state index < -0.39 is 11.6 Å². The van der Waals surface area contributed by atoms with Crippen LogP contribution >= 0.6 is 11.3 Å². The number of aromatic nitrogens is 3. The summed E-state index contributed by atoms with van der Waals surface area (Å²) < 4.78 is 44.3. The van der Waals surface area contributed by atoms with Crippen LogP contribution in [-0.2, 0) is 16.1 Å². The van der Waals surface area contributed by atoms with Crippen LogP contribution in [0.2, 0.25) is 0 Å². The van der Waals surface area contributed by atoms with Gasteiger partial charge in [-0.25, -0.2) is 13.8 Å². The fourth-order valence-corrected chi connectivity index (χ4v) is 7.63. The van der Waals surface area contributed by atoms with E-state index in [0.717, 1.165) is 41.9 Å². The summed E-state index contributed by atoms with van der Waals surface area (Å²) >= 11 is 1.40. The molecule has 3 aromatic heterocycles. The first-order chi connectivity index (χ1) is 24.2. The number of thiophene rings is 1. The molecule has 0 radical (unpaired) electrons. The Labute approximate surface area is 291 Å². The van der Waals surface area contributed by atoms with Gasteiger partial charge in [-0.2, -0.15) is 5.10 Å². The lowest BCUT2D eigenvalue weighted by Crippen LogP contribution is -2.57. The van der Waals surface area contributed by atoms with Gasteiger partial charge in [0.05, 0.1) is 42.2 Å². The molecular formula is C37H36F2N6O4S. The number of rotatable bonds is 10. The van der Waals surface area contributed by atoms with E-state index in [0.29, 0.717) is 46.0 Å². The second kappa shape index (κ2) is 13.7. The number of fused-ring (bicyclic) bond motifs is 2. The van der Waals surface area contributed by atoms with Gasteiger partial charge in [-0.1, -0.05) is 18.7 Å². The van der Waals surface area contributed by atoms with Crippen LogP contribution in [0.3, 0.4) is 0 Å². The molecule has 0 aliphatic carbocycles. The van der Waals surface area contributed by atoms with Crippen molar-refractivity contribution in [1.82, 2.24) is 29.9 Å². The van der Waals surface area contributed by atoms with Gasteiger partial charge >= 0.3 is 0 Å². The van der Waals surface area contributed by atoms with Gasteiger partial charge in [0.15, 0.2) is 0 Å². The van der Waals surface area contributed by atoms with Gasteiger partial charge in [-0.15, -0.1) is 11.3 Å². The van der Waals surface area contributed by atoms with Crippen molar-refractivity contribution in [3.05, 3.63) is 89.5 Å². The number of carbonyl (C=O) groups is 2. The number of halogens is 2. The number of amides is 2. The van der Waals surface area contributed by atoms with Crippen molar-refractivity contribution in [3.8, 4) is 39.5 Å². The highest BCUT2D eigenvalue weighted by molar-refractivity contribution is 7.18. The third-order valence-corrected chi connectivity index (χ3v) is 10.1. The molecule has 258 valence electrons. The first-order valence-electron chi connectivity index (χ1n) is 16.3. The molecule has 2 aliphatic rings. The minimum atomic E-state index is -0.809. The molecule has 5 heterocycles. The van der Waals surface area contributed by atoms with E-state index in [9.17, 15) is 14.0 Å². The van der Waals surface area contributed by atoms with Crippen LogP contribution in [0.5, 0.6) is 5.75 Å². The summed E-state index contributed by atoms with van der Waals surface area (Å²) in [6, 6.07) is 12.8. The Kier molecular flexibility index (Phi) is 9.21. The fourth-order valence-electron chi connectivity index (χ4n) is 6.68. The van der Waals surface area contributed by atoms with Gasteiger partial charge in [0, 0.05) is 65.7 Å². The van der Waals surface area contributed by atoms with Crippen molar-refractivity contribution in [1.29, 1.82) is 0 Å². The Bertz CT molecular complexity index is 2110. The van der Waals surface area contributed by atoms with E-state index in [1.54, 1.807) is 17.0 Å². The molecule has 2 aromatic carbocycles. The average Bonchev–Trinajstić information content (AvgIpc) is 3.76. The second-order valence-electron chi connectivity index (χ2n) is 12.5. The van der Waals surface area contributed by atoms with Crippen LogP contribution in [-0.4, -0.2) is 89.4 Å². The third kappa shape index (κ3) is 6.16. The Morgan fingerprint density at radius 2 is 1.84 bits per heavy atom. The number of hydrogen-bond acceptors (Lipinski definition) is 8. The van der Waals surface area contributed by atoms with Gasteiger partial charge < -0.3 is 24.6 Å². The van der Waals surface area contributed by atoms with Crippen LogP contribution in [0.25, 0.3) is 43.9 Å². The summed E-state index contributed by atoms with van der Waals surface area (Å²) in [6.07, 6.45) is 1.30. The molecule has 2 aliphatic heterocycles. The summed E-state index contributed by atoms with van der Waals surface area (Å²) in [7, 11) is 3.52. The quantitative estimate of drug-likeness (QED) is 0.143. The monoisotopic (exact) mass is 698 g/mol. The number of hydrogen-bond donors (Lipinski definition) is 1. The predicted molar refractivity (Wildman–Crippen MR) is 188 cm³/mol. The molecular weight excluding hydrogens is 663 g/mol. The maximum Gasteiger partial charge on any atom is 0.251 e. The molecule has 10 nitrogen and oxygen atoms in total. The lowest BCUT2D eigenvalue weighted by molar-refractivity contribution is -0.129. The number of likely N-dealkylation sites (N-methyl/N-ethyl adjacent to an activating group) is 1. The molecule has 1 atom stereocenters. The summed E-state index contributed by atoms with van der Waals surface area (Å²) in [5.41, 5.74) is 3.96. The highest BCUT2D eigenvalue weighted by Gasteiger charge is 2.32. The SMILES string of the molecule is C=CC(=O)N1CCn2nc(-c3nc(-c4ccc(C(=O)NC5CN(C)C5)cc4)c4ccsc4c3-c3c(F)cc(F)cc3OCCOC)cc2C1C. The van der Waals surface area contributed by atoms with Crippen molar-refractivity contribution in [3.63, 3.8) is 0 Å². The topological polar surface area (TPSA) is 102 Å². The molecule has 2 amide bonds. The largest absolute Gasteiger partial charge is 0.490 e. The molecule has 1 N–H and O–H groups in total. The van der Waals surface area contributed by atoms with Gasteiger partial charge in [0.1, 0.15) is 35.4 Å². The summed E-state index contributed by atoms with van der Waals surface area (Å²) in [6.45, 7) is 8.36. The Hall–Kier alpha value is -4.98. The maximum absolute atomic E-state index is 16.1. The zero-order valence-corrected chi connectivity index (χ0v) is 28.7. The van der Waals surface area contributed by atoms with Gasteiger partial charge in [0.25, 0.3) is 5.91 Å². The van der Waals surface area contributed by atoms with E-state index in [2.05, 4.69) is 16.8 Å². The number of pyridine rings is 1. The number of likely N-dealkylation sites (tertiary alicyclic amines) is 1. The summed E-state index contributed by atoms with van der Waals surface area (Å²) in [5, 5.41) is 10.6. The highest BCUT2D eigenvalue weighted by Crippen LogP contribution is 2.47. The zero-order chi connectivity index (χ0) is 35.1. The molecule has 1 unspecified atom stereocenters. The number of carbonyl (C=O) groups excluding carboxylic acids is 2. The van der Waals surface area contributed by atoms with Crippen molar-refractivity contribution in [2.45, 2.75) is 25.6 Å². The molecule has 7 rings (SSSR count). The smallest absolute Gasteiger partial charge is 0.251 e. The lowest BCUT2D eigenvalue weighted by Gasteiger charge is -2.36. The zero-order valence-electron chi connectivity index (χ0n) is 27.9. The number of nitrogens with zero attached hydrogens (tertiary/aromatic N) is 5. The summed E-state index contributed by atoms with van der Waals surface area (Å²) in [5.74, 6) is -1.90. The first-order valence-corrected chi connectivity index (χ1v) is 17.2.